The first-order valence-electron chi connectivity index (χ1n) is 25.0. The van der Waals surface area contributed by atoms with Crippen LogP contribution in [-0.2, 0) is 38.9 Å². The van der Waals surface area contributed by atoms with Crippen molar-refractivity contribution in [2.24, 2.45) is 0 Å². The fourth-order valence-electron chi connectivity index (χ4n) is 10.2. The van der Waals surface area contributed by atoms with Crippen LogP contribution in [0.1, 0.15) is 96.0 Å². The van der Waals surface area contributed by atoms with Gasteiger partial charge in [-0.25, -0.2) is 0 Å². The SMILES string of the molecule is COc1ccccc1C(=O)NCC1(c2ccccc2)CCCN(Cc2ccccc2)CC1.N#CC1(c2ccccc2)CCC(=O)N(Cc2ccccc2)CC1.N#CC1(c2ccccc2)CCNC(=O)CC1. The number of para-hydroxylation sites is 1. The fraction of sp³-hybridized carbons (Fsp3) is 0.328. The zero-order valence-corrected chi connectivity index (χ0v) is 41.0. The fourth-order valence-corrected chi connectivity index (χ4v) is 10.2. The van der Waals surface area contributed by atoms with Crippen LogP contribution in [0.3, 0.4) is 0 Å². The van der Waals surface area contributed by atoms with E-state index in [1.165, 1.54) is 11.1 Å². The third kappa shape index (κ3) is 13.6. The number of benzene rings is 6. The molecule has 3 amide bonds. The summed E-state index contributed by atoms with van der Waals surface area (Å²) >= 11 is 0. The molecule has 0 saturated carbocycles. The number of hydrogen-bond donors (Lipinski definition) is 2. The van der Waals surface area contributed by atoms with Crippen molar-refractivity contribution >= 4 is 17.7 Å². The standard InChI is InChI=1S/C28H32N2O2.C20H20N2O.C13H14N2O/c1-32-26-16-9-8-15-25(26)27(31)29-22-28(24-13-6-3-7-14-24)17-10-19-30(20-18-28)21-23-11-4-2-5-12-23;21-16-20(18-9-5-2-6-10-18)12-11-19(23)22(14-13-20)15-17-7-3-1-4-8-17;14-10-13(11-4-2-1-3-5-11)7-6-12(16)15-9-8-13/h2-9,11-16H,10,17-22H2,1H3,(H,29,31);1-10H,11-15H2;1-5H,6-9H2,(H,15,16). The second-order valence-electron chi connectivity index (χ2n) is 18.9. The highest BCUT2D eigenvalue weighted by Gasteiger charge is 2.38. The van der Waals surface area contributed by atoms with Crippen LogP contribution >= 0.6 is 0 Å². The lowest BCUT2D eigenvalue weighted by Crippen LogP contribution is -2.41. The number of methoxy groups -OCH3 is 1. The summed E-state index contributed by atoms with van der Waals surface area (Å²) in [6, 6.07) is 63.3. The van der Waals surface area contributed by atoms with Crippen LogP contribution in [0.15, 0.2) is 176 Å². The maximum Gasteiger partial charge on any atom is 0.255 e. The zero-order chi connectivity index (χ0) is 49.8. The zero-order valence-electron chi connectivity index (χ0n) is 41.0. The average Bonchev–Trinajstić information content (AvgIpc) is 3.84. The van der Waals surface area contributed by atoms with Gasteiger partial charge < -0.3 is 20.3 Å². The van der Waals surface area contributed by atoms with E-state index in [1.807, 2.05) is 120 Å². The molecule has 6 aromatic carbocycles. The van der Waals surface area contributed by atoms with Gasteiger partial charge in [-0.15, -0.1) is 0 Å². The number of nitrogens with one attached hydrogen (secondary N) is 2. The first-order chi connectivity index (χ1) is 34.7. The minimum absolute atomic E-state index is 0.0491. The van der Waals surface area contributed by atoms with E-state index in [1.54, 1.807) is 7.11 Å². The molecule has 71 heavy (non-hydrogen) atoms. The van der Waals surface area contributed by atoms with E-state index in [0.29, 0.717) is 76.0 Å². The van der Waals surface area contributed by atoms with Crippen molar-refractivity contribution in [3.8, 4) is 17.9 Å². The van der Waals surface area contributed by atoms with Gasteiger partial charge >= 0.3 is 0 Å². The summed E-state index contributed by atoms with van der Waals surface area (Å²) in [6.45, 7) is 5.50. The largest absolute Gasteiger partial charge is 0.496 e. The van der Waals surface area contributed by atoms with Crippen molar-refractivity contribution in [1.29, 1.82) is 10.5 Å². The highest BCUT2D eigenvalue weighted by atomic mass is 16.5. The second-order valence-corrected chi connectivity index (χ2v) is 18.9. The second kappa shape index (κ2) is 25.4. The highest BCUT2D eigenvalue weighted by Crippen LogP contribution is 2.38. The lowest BCUT2D eigenvalue weighted by Gasteiger charge is -2.34. The van der Waals surface area contributed by atoms with Gasteiger partial charge in [-0.1, -0.05) is 164 Å². The summed E-state index contributed by atoms with van der Waals surface area (Å²) in [4.78, 5) is 41.2. The van der Waals surface area contributed by atoms with Crippen molar-refractivity contribution in [3.05, 3.63) is 209 Å². The Morgan fingerprint density at radius 3 is 1.70 bits per heavy atom. The lowest BCUT2D eigenvalue weighted by atomic mass is 9.74. The summed E-state index contributed by atoms with van der Waals surface area (Å²) in [7, 11) is 1.60. The molecule has 3 heterocycles. The van der Waals surface area contributed by atoms with E-state index in [0.717, 1.165) is 55.6 Å². The van der Waals surface area contributed by atoms with E-state index in [-0.39, 0.29) is 23.1 Å². The van der Waals surface area contributed by atoms with E-state index < -0.39 is 10.8 Å². The first-order valence-corrected chi connectivity index (χ1v) is 25.0. The Balaban J connectivity index is 0.000000166. The molecule has 3 aliphatic rings. The van der Waals surface area contributed by atoms with Crippen molar-refractivity contribution < 1.29 is 19.1 Å². The van der Waals surface area contributed by atoms with E-state index >= 15 is 0 Å². The number of ether oxygens (including phenoxy) is 1. The Morgan fingerprint density at radius 2 is 1.11 bits per heavy atom. The molecule has 3 saturated heterocycles. The third-order valence-electron chi connectivity index (χ3n) is 14.5. The molecule has 0 aromatic heterocycles. The molecule has 3 atom stereocenters. The molecule has 10 nitrogen and oxygen atoms in total. The van der Waals surface area contributed by atoms with Gasteiger partial charge in [0.05, 0.1) is 35.6 Å². The number of nitriles is 2. The maximum absolute atomic E-state index is 13.0. The molecule has 3 aliphatic heterocycles. The summed E-state index contributed by atoms with van der Waals surface area (Å²) in [5, 5.41) is 25.3. The summed E-state index contributed by atoms with van der Waals surface area (Å²) < 4.78 is 5.39. The molecule has 0 spiro atoms. The van der Waals surface area contributed by atoms with Gasteiger partial charge in [0.1, 0.15) is 5.75 Å². The Labute approximate surface area is 420 Å². The first kappa shape index (κ1) is 51.3. The molecule has 9 rings (SSSR count). The van der Waals surface area contributed by atoms with Crippen LogP contribution in [0, 0.1) is 22.7 Å². The highest BCUT2D eigenvalue weighted by molar-refractivity contribution is 5.97. The minimum atomic E-state index is -0.553. The summed E-state index contributed by atoms with van der Waals surface area (Å²) in [6.07, 6.45) is 6.61. The number of carbonyl (C=O) groups is 3. The van der Waals surface area contributed by atoms with Crippen molar-refractivity contribution in [1.82, 2.24) is 20.4 Å². The Bertz CT molecular complexity index is 2710. The van der Waals surface area contributed by atoms with Crippen LogP contribution in [0.2, 0.25) is 0 Å². The average molecular weight is 947 g/mol. The topological polar surface area (TPSA) is 139 Å². The molecule has 0 bridgehead atoms. The maximum atomic E-state index is 13.0. The van der Waals surface area contributed by atoms with Gasteiger partial charge in [0, 0.05) is 51.0 Å². The number of nitrogens with zero attached hydrogens (tertiary/aromatic N) is 4. The quantitative estimate of drug-likeness (QED) is 0.132. The number of carbonyl (C=O) groups excluding carboxylic acids is 3. The predicted molar refractivity (Wildman–Crippen MR) is 279 cm³/mol. The lowest BCUT2D eigenvalue weighted by molar-refractivity contribution is -0.131. The van der Waals surface area contributed by atoms with Crippen LogP contribution in [0.4, 0.5) is 0 Å². The van der Waals surface area contributed by atoms with Crippen molar-refractivity contribution in [2.75, 3.05) is 39.8 Å². The Morgan fingerprint density at radius 1 is 0.592 bits per heavy atom. The van der Waals surface area contributed by atoms with Gasteiger partial charge in [-0.2, -0.15) is 10.5 Å². The number of amides is 3. The number of hydrogen-bond acceptors (Lipinski definition) is 7. The third-order valence-corrected chi connectivity index (χ3v) is 14.5. The van der Waals surface area contributed by atoms with E-state index in [9.17, 15) is 24.9 Å². The van der Waals surface area contributed by atoms with Gasteiger partial charge in [-0.05, 0) is 98.0 Å². The van der Waals surface area contributed by atoms with Crippen molar-refractivity contribution in [2.45, 2.75) is 87.1 Å². The van der Waals surface area contributed by atoms with E-state index in [4.69, 9.17) is 4.74 Å². The van der Waals surface area contributed by atoms with E-state index in [2.05, 4.69) is 88.3 Å². The Kier molecular flexibility index (Phi) is 18.3. The van der Waals surface area contributed by atoms with Gasteiger partial charge in [0.25, 0.3) is 5.91 Å². The molecule has 3 unspecified atom stereocenters. The molecule has 6 aromatic rings. The minimum Gasteiger partial charge on any atom is -0.496 e. The molecular weight excluding hydrogens is 881 g/mol. The van der Waals surface area contributed by atoms with Gasteiger partial charge in [-0.3, -0.25) is 19.3 Å². The molecule has 364 valence electrons. The smallest absolute Gasteiger partial charge is 0.255 e. The van der Waals surface area contributed by atoms with Crippen molar-refractivity contribution in [3.63, 3.8) is 0 Å². The molecule has 0 aliphatic carbocycles. The number of likely N-dealkylation sites (tertiary alicyclic amines) is 2. The molecular formula is C61H66N6O4. The number of rotatable bonds is 11. The molecule has 10 heteroatoms. The summed E-state index contributed by atoms with van der Waals surface area (Å²) in [5.41, 5.74) is 5.28. The molecule has 2 N–H and O–H groups in total. The normalized spacial score (nSPS) is 21.3. The van der Waals surface area contributed by atoms with Crippen LogP contribution < -0.4 is 15.4 Å². The van der Waals surface area contributed by atoms with Gasteiger partial charge in [0.15, 0.2) is 0 Å². The van der Waals surface area contributed by atoms with Gasteiger partial charge in [0.2, 0.25) is 11.8 Å². The van der Waals surface area contributed by atoms with Crippen LogP contribution in [0.5, 0.6) is 5.75 Å². The molecule has 0 radical (unpaired) electrons. The monoisotopic (exact) mass is 947 g/mol. The van der Waals surface area contributed by atoms with Crippen LogP contribution in [0.25, 0.3) is 0 Å². The molecule has 3 fully saturated rings. The summed E-state index contributed by atoms with van der Waals surface area (Å²) in [5.74, 6) is 0.715. The predicted octanol–water partition coefficient (Wildman–Crippen LogP) is 10.5. The van der Waals surface area contributed by atoms with Crippen LogP contribution in [-0.4, -0.2) is 67.4 Å². The Hall–Kier alpha value is -7.53.